The zero-order chi connectivity index (χ0) is 29.0. The van der Waals surface area contributed by atoms with Crippen molar-refractivity contribution in [2.45, 2.75) is 37.8 Å². The number of methoxy groups -OCH3 is 1. The maximum Gasteiger partial charge on any atom is 0.267 e. The molecule has 2 aromatic heterocycles. The van der Waals surface area contributed by atoms with Crippen LogP contribution < -0.4 is 14.4 Å². The number of ether oxygens (including phenoxy) is 2. The highest BCUT2D eigenvalue weighted by Crippen LogP contribution is 2.29. The van der Waals surface area contributed by atoms with E-state index in [-0.39, 0.29) is 16.3 Å². The van der Waals surface area contributed by atoms with Gasteiger partial charge in [-0.25, -0.2) is 13.4 Å². The molecule has 10 nitrogen and oxygen atoms in total. The molecular weight excluding hydrogens is 540 g/mol. The predicted molar refractivity (Wildman–Crippen MR) is 161 cm³/mol. The van der Waals surface area contributed by atoms with Gasteiger partial charge in [-0.2, -0.15) is 0 Å². The number of piperazine rings is 1. The van der Waals surface area contributed by atoms with Gasteiger partial charge in [0.25, 0.3) is 10.0 Å². The van der Waals surface area contributed by atoms with Gasteiger partial charge in [-0.15, -0.1) is 0 Å². The molecular formula is C30H40N6O4S. The largest absolute Gasteiger partial charge is 0.480 e. The number of pyridine rings is 2. The molecule has 0 bridgehead atoms. The van der Waals surface area contributed by atoms with Crippen molar-refractivity contribution in [3.8, 4) is 17.1 Å². The number of nitrogens with one attached hydrogen (secondary N) is 1. The summed E-state index contributed by atoms with van der Waals surface area (Å²) in [6.07, 6.45) is 3.23. The van der Waals surface area contributed by atoms with Crippen LogP contribution in [-0.2, 0) is 21.3 Å². The highest BCUT2D eigenvalue weighted by atomic mass is 32.2. The van der Waals surface area contributed by atoms with Gasteiger partial charge in [0, 0.05) is 63.1 Å². The van der Waals surface area contributed by atoms with Gasteiger partial charge in [-0.3, -0.25) is 19.5 Å². The molecule has 4 heterocycles. The van der Waals surface area contributed by atoms with Gasteiger partial charge >= 0.3 is 0 Å². The van der Waals surface area contributed by atoms with Crippen LogP contribution in [0.4, 0.5) is 11.4 Å². The topological polar surface area (TPSA) is 100 Å². The second kappa shape index (κ2) is 12.3. The number of rotatable bonds is 8. The highest BCUT2D eigenvalue weighted by molar-refractivity contribution is 7.92. The van der Waals surface area contributed by atoms with Crippen molar-refractivity contribution in [2.24, 2.45) is 0 Å². The summed E-state index contributed by atoms with van der Waals surface area (Å²) >= 11 is 0. The fourth-order valence-corrected chi connectivity index (χ4v) is 6.43. The lowest BCUT2D eigenvalue weighted by molar-refractivity contribution is 0.0591. The average Bonchev–Trinajstić information content (AvgIpc) is 2.97. The summed E-state index contributed by atoms with van der Waals surface area (Å²) in [6.45, 7) is 14.5. The Bertz CT molecular complexity index is 1430. The van der Waals surface area contributed by atoms with E-state index in [9.17, 15) is 8.42 Å². The summed E-state index contributed by atoms with van der Waals surface area (Å²) in [6, 6.07) is 13.3. The van der Waals surface area contributed by atoms with Crippen LogP contribution in [0, 0.1) is 0 Å². The molecule has 0 spiro atoms. The Morgan fingerprint density at radius 2 is 1.66 bits per heavy atom. The molecule has 1 N–H and O–H groups in total. The number of sulfonamides is 1. The standard InChI is InChI=1S/C30H40N6O4S/c1-30(2,3)36-13-11-34(12-14-36)22-23-5-7-24(8-6-23)27-19-25(9-10-31-27)33-41(37,38)28-20-26(21-32-29(28)39-4)35-15-17-40-18-16-35/h5-10,19-21H,11-18,22H2,1-4H3,(H,31,33). The maximum atomic E-state index is 13.5. The van der Waals surface area contributed by atoms with Crippen LogP contribution in [-0.4, -0.2) is 93.3 Å². The number of aromatic nitrogens is 2. The minimum Gasteiger partial charge on any atom is -0.480 e. The summed E-state index contributed by atoms with van der Waals surface area (Å²) in [7, 11) is -2.57. The van der Waals surface area contributed by atoms with Gasteiger partial charge in [0.15, 0.2) is 4.90 Å². The molecule has 0 aliphatic carbocycles. The number of benzene rings is 1. The number of hydrogen-bond donors (Lipinski definition) is 1. The third kappa shape index (κ3) is 7.16. The van der Waals surface area contributed by atoms with Gasteiger partial charge in [-0.1, -0.05) is 24.3 Å². The monoisotopic (exact) mass is 580 g/mol. The number of anilines is 2. The van der Waals surface area contributed by atoms with Crippen molar-refractivity contribution >= 4 is 21.4 Å². The normalized spacial score (nSPS) is 17.4. The van der Waals surface area contributed by atoms with E-state index in [2.05, 4.69) is 62.3 Å². The molecule has 5 rings (SSSR count). The number of nitrogens with zero attached hydrogens (tertiary/aromatic N) is 5. The van der Waals surface area contributed by atoms with E-state index in [1.54, 1.807) is 30.6 Å². The summed E-state index contributed by atoms with van der Waals surface area (Å²) in [5.74, 6) is 0.0409. The van der Waals surface area contributed by atoms with Crippen LogP contribution in [0.1, 0.15) is 26.3 Å². The molecule has 220 valence electrons. The summed E-state index contributed by atoms with van der Waals surface area (Å²) in [5, 5.41) is 0. The Labute approximate surface area is 243 Å². The van der Waals surface area contributed by atoms with E-state index >= 15 is 0 Å². The van der Waals surface area contributed by atoms with Crippen LogP contribution in [0.15, 0.2) is 59.8 Å². The maximum absolute atomic E-state index is 13.5. The van der Waals surface area contributed by atoms with Crippen molar-refractivity contribution in [1.29, 1.82) is 0 Å². The lowest BCUT2D eigenvalue weighted by atomic mass is 10.0. The van der Waals surface area contributed by atoms with E-state index in [1.165, 1.54) is 12.7 Å². The first-order chi connectivity index (χ1) is 19.6. The lowest BCUT2D eigenvalue weighted by Crippen LogP contribution is -2.53. The molecule has 0 radical (unpaired) electrons. The van der Waals surface area contributed by atoms with Crippen molar-refractivity contribution in [3.63, 3.8) is 0 Å². The van der Waals surface area contributed by atoms with Crippen LogP contribution in [0.3, 0.4) is 0 Å². The molecule has 2 saturated heterocycles. The molecule has 0 amide bonds. The van der Waals surface area contributed by atoms with Crippen LogP contribution in [0.2, 0.25) is 0 Å². The smallest absolute Gasteiger partial charge is 0.267 e. The van der Waals surface area contributed by atoms with Gasteiger partial charge in [0.2, 0.25) is 5.88 Å². The number of morpholine rings is 1. The van der Waals surface area contributed by atoms with Crippen LogP contribution in [0.5, 0.6) is 5.88 Å². The van der Waals surface area contributed by atoms with Crippen molar-refractivity contribution in [3.05, 3.63) is 60.4 Å². The minimum absolute atomic E-state index is 0.0185. The second-order valence-corrected chi connectivity index (χ2v) is 13.1. The quantitative estimate of drug-likeness (QED) is 0.428. The van der Waals surface area contributed by atoms with E-state index in [0.717, 1.165) is 38.3 Å². The first kappa shape index (κ1) is 29.2. The molecule has 0 saturated carbocycles. The molecule has 2 aliphatic rings. The summed E-state index contributed by atoms with van der Waals surface area (Å²) < 4.78 is 40.3. The summed E-state index contributed by atoms with van der Waals surface area (Å²) in [5.41, 5.74) is 4.17. The molecule has 0 atom stereocenters. The average molecular weight is 581 g/mol. The Morgan fingerprint density at radius 3 is 2.32 bits per heavy atom. The third-order valence-electron chi connectivity index (χ3n) is 7.65. The van der Waals surface area contributed by atoms with Crippen molar-refractivity contribution in [1.82, 2.24) is 19.8 Å². The van der Waals surface area contributed by atoms with E-state index < -0.39 is 10.0 Å². The minimum atomic E-state index is -3.98. The summed E-state index contributed by atoms with van der Waals surface area (Å²) in [4.78, 5) is 15.8. The van der Waals surface area contributed by atoms with E-state index in [4.69, 9.17) is 9.47 Å². The van der Waals surface area contributed by atoms with E-state index in [1.807, 2.05) is 12.1 Å². The molecule has 11 heteroatoms. The number of hydrogen-bond acceptors (Lipinski definition) is 9. The Balaban J connectivity index is 1.27. The Morgan fingerprint density at radius 1 is 0.951 bits per heavy atom. The zero-order valence-electron chi connectivity index (χ0n) is 24.3. The zero-order valence-corrected chi connectivity index (χ0v) is 25.2. The van der Waals surface area contributed by atoms with Crippen LogP contribution in [0.25, 0.3) is 11.3 Å². The first-order valence-electron chi connectivity index (χ1n) is 14.0. The Hall–Kier alpha value is -3.25. The first-order valence-corrected chi connectivity index (χ1v) is 15.5. The van der Waals surface area contributed by atoms with Gasteiger partial charge in [0.05, 0.1) is 43.6 Å². The second-order valence-electron chi connectivity index (χ2n) is 11.5. The van der Waals surface area contributed by atoms with Crippen molar-refractivity contribution < 1.29 is 17.9 Å². The van der Waals surface area contributed by atoms with Gasteiger partial charge in [-0.05, 0) is 44.5 Å². The van der Waals surface area contributed by atoms with Gasteiger partial charge in [0.1, 0.15) is 0 Å². The SMILES string of the molecule is COc1ncc(N2CCOCC2)cc1S(=O)(=O)Nc1ccnc(-c2ccc(CN3CCN(C(C)(C)C)CC3)cc2)c1. The van der Waals surface area contributed by atoms with Crippen LogP contribution >= 0.6 is 0 Å². The molecule has 1 aromatic carbocycles. The fourth-order valence-electron chi connectivity index (χ4n) is 5.24. The predicted octanol–water partition coefficient (Wildman–Crippen LogP) is 3.71. The van der Waals surface area contributed by atoms with Gasteiger partial charge < -0.3 is 14.4 Å². The lowest BCUT2D eigenvalue weighted by Gasteiger charge is -2.42. The highest BCUT2D eigenvalue weighted by Gasteiger charge is 2.26. The molecule has 2 aliphatic heterocycles. The molecule has 3 aromatic rings. The third-order valence-corrected chi connectivity index (χ3v) is 9.03. The molecule has 2 fully saturated rings. The Kier molecular flexibility index (Phi) is 8.79. The molecule has 0 unspecified atom stereocenters. The van der Waals surface area contributed by atoms with Crippen molar-refractivity contribution in [2.75, 3.05) is 69.2 Å². The molecule has 41 heavy (non-hydrogen) atoms. The van der Waals surface area contributed by atoms with E-state index in [0.29, 0.717) is 43.4 Å². The fraction of sp³-hybridized carbons (Fsp3) is 0.467.